The molecule has 3 heteroatoms. The molecule has 4 rings (SSSR count). The van der Waals surface area contributed by atoms with Crippen LogP contribution in [-0.2, 0) is 0 Å². The number of nitrogens with zero attached hydrogens (tertiary/aromatic N) is 3. The Labute approximate surface area is 132 Å². The molecule has 0 spiro atoms. The topological polar surface area (TPSA) is 21.1 Å². The molecule has 2 aliphatic carbocycles. The van der Waals surface area contributed by atoms with Gasteiger partial charge in [0.2, 0.25) is 0 Å². The Kier molecular flexibility index (Phi) is 3.81. The first-order valence-corrected chi connectivity index (χ1v) is 8.35. The van der Waals surface area contributed by atoms with E-state index in [0.717, 1.165) is 19.5 Å². The first-order valence-electron chi connectivity index (χ1n) is 8.35. The molecule has 1 fully saturated rings. The molecule has 3 nitrogen and oxygen atoms in total. The van der Waals surface area contributed by atoms with Crippen molar-refractivity contribution in [2.45, 2.75) is 31.3 Å². The van der Waals surface area contributed by atoms with Gasteiger partial charge in [-0.3, -0.25) is 9.58 Å². The van der Waals surface area contributed by atoms with E-state index >= 15 is 0 Å². The zero-order valence-corrected chi connectivity index (χ0v) is 12.9. The fourth-order valence-electron chi connectivity index (χ4n) is 3.79. The first kappa shape index (κ1) is 13.8. The minimum absolute atomic E-state index is 0.518. The van der Waals surface area contributed by atoms with E-state index in [9.17, 15) is 0 Å². The molecule has 0 amide bonds. The van der Waals surface area contributed by atoms with Gasteiger partial charge in [0.1, 0.15) is 0 Å². The largest absolute Gasteiger partial charge is 0.291 e. The van der Waals surface area contributed by atoms with Gasteiger partial charge in [-0.2, -0.15) is 5.10 Å². The van der Waals surface area contributed by atoms with E-state index in [1.807, 2.05) is 12.3 Å². The summed E-state index contributed by atoms with van der Waals surface area (Å²) in [6, 6.07) is 3.07. The molecule has 114 valence electrons. The molecule has 1 saturated heterocycles. The van der Waals surface area contributed by atoms with E-state index in [4.69, 9.17) is 0 Å². The van der Waals surface area contributed by atoms with Gasteiger partial charge in [0, 0.05) is 37.4 Å². The standard InChI is InChI=1S/C19H23N3/c1-3-8-16(9-4-1)19(17-10-5-2-6-11-17)21-14-18(15-21)22-13-7-12-20-22/h1,3-5,7-8,10-13,16,18-19H,2,6,9,14-15H2. The number of likely N-dealkylation sites (tertiary alicyclic amines) is 1. The molecule has 2 unspecified atom stereocenters. The molecule has 1 aromatic rings. The Balaban J connectivity index is 1.51. The van der Waals surface area contributed by atoms with E-state index < -0.39 is 0 Å². The molecule has 2 heterocycles. The average molecular weight is 293 g/mol. The molecule has 22 heavy (non-hydrogen) atoms. The predicted octanol–water partition coefficient (Wildman–Crippen LogP) is 3.52. The molecule has 0 saturated carbocycles. The maximum absolute atomic E-state index is 4.39. The fourth-order valence-corrected chi connectivity index (χ4v) is 3.79. The maximum Gasteiger partial charge on any atom is 0.0773 e. The second-order valence-corrected chi connectivity index (χ2v) is 6.44. The zero-order valence-electron chi connectivity index (χ0n) is 12.9. The van der Waals surface area contributed by atoms with Crippen molar-refractivity contribution in [2.75, 3.05) is 13.1 Å². The van der Waals surface area contributed by atoms with E-state index in [-0.39, 0.29) is 0 Å². The predicted molar refractivity (Wildman–Crippen MR) is 89.5 cm³/mol. The summed E-state index contributed by atoms with van der Waals surface area (Å²) in [5.41, 5.74) is 1.51. The lowest BCUT2D eigenvalue weighted by Crippen LogP contribution is -2.55. The minimum Gasteiger partial charge on any atom is -0.291 e. The van der Waals surface area contributed by atoms with Gasteiger partial charge in [-0.05, 0) is 30.9 Å². The molecular formula is C19H23N3. The summed E-state index contributed by atoms with van der Waals surface area (Å²) in [4.78, 5) is 2.63. The van der Waals surface area contributed by atoms with Gasteiger partial charge < -0.3 is 0 Å². The van der Waals surface area contributed by atoms with E-state index in [1.165, 1.54) is 18.4 Å². The second-order valence-electron chi connectivity index (χ2n) is 6.44. The van der Waals surface area contributed by atoms with Crippen LogP contribution in [0.3, 0.4) is 0 Å². The molecule has 0 aromatic carbocycles. The summed E-state index contributed by atoms with van der Waals surface area (Å²) in [6.07, 6.45) is 23.7. The second kappa shape index (κ2) is 6.09. The Morgan fingerprint density at radius 1 is 1.14 bits per heavy atom. The van der Waals surface area contributed by atoms with Crippen LogP contribution >= 0.6 is 0 Å². The summed E-state index contributed by atoms with van der Waals surface area (Å²) in [7, 11) is 0. The number of hydrogen-bond acceptors (Lipinski definition) is 2. The third-order valence-electron chi connectivity index (χ3n) is 4.97. The highest BCUT2D eigenvalue weighted by atomic mass is 15.4. The third-order valence-corrected chi connectivity index (χ3v) is 4.97. The van der Waals surface area contributed by atoms with Gasteiger partial charge in [0.15, 0.2) is 0 Å². The highest BCUT2D eigenvalue weighted by molar-refractivity contribution is 5.32. The molecule has 1 aliphatic heterocycles. The number of allylic oxidation sites excluding steroid dienone is 5. The van der Waals surface area contributed by atoms with E-state index in [1.54, 1.807) is 0 Å². The van der Waals surface area contributed by atoms with Gasteiger partial charge in [-0.15, -0.1) is 0 Å². The highest BCUT2D eigenvalue weighted by Gasteiger charge is 2.38. The summed E-state index contributed by atoms with van der Waals surface area (Å²) in [5.74, 6) is 0.595. The highest BCUT2D eigenvalue weighted by Crippen LogP contribution is 2.34. The van der Waals surface area contributed by atoms with Crippen LogP contribution < -0.4 is 0 Å². The molecule has 3 aliphatic rings. The van der Waals surface area contributed by atoms with Crippen LogP contribution in [0.5, 0.6) is 0 Å². The number of aromatic nitrogens is 2. The normalized spacial score (nSPS) is 26.7. The van der Waals surface area contributed by atoms with E-state index in [0.29, 0.717) is 18.0 Å². The lowest BCUT2D eigenvalue weighted by atomic mass is 9.83. The summed E-state index contributed by atoms with van der Waals surface area (Å²) in [5, 5.41) is 4.39. The van der Waals surface area contributed by atoms with Gasteiger partial charge >= 0.3 is 0 Å². The summed E-state index contributed by atoms with van der Waals surface area (Å²) >= 11 is 0. The van der Waals surface area contributed by atoms with Crippen LogP contribution in [0.1, 0.15) is 25.3 Å². The molecular weight excluding hydrogens is 270 g/mol. The third kappa shape index (κ3) is 2.61. The molecule has 0 bridgehead atoms. The van der Waals surface area contributed by atoms with Crippen molar-refractivity contribution in [1.29, 1.82) is 0 Å². The Morgan fingerprint density at radius 3 is 2.77 bits per heavy atom. The van der Waals surface area contributed by atoms with Crippen LogP contribution in [0, 0.1) is 5.92 Å². The summed E-state index contributed by atoms with van der Waals surface area (Å²) in [6.45, 7) is 2.21. The fraction of sp³-hybridized carbons (Fsp3) is 0.421. The number of hydrogen-bond donors (Lipinski definition) is 0. The van der Waals surface area contributed by atoms with Gasteiger partial charge in [0.05, 0.1) is 6.04 Å². The molecule has 0 radical (unpaired) electrons. The van der Waals surface area contributed by atoms with Crippen LogP contribution in [0.2, 0.25) is 0 Å². The lowest BCUT2D eigenvalue weighted by Gasteiger charge is -2.47. The Morgan fingerprint density at radius 2 is 2.09 bits per heavy atom. The molecule has 0 N–H and O–H groups in total. The van der Waals surface area contributed by atoms with Crippen molar-refractivity contribution >= 4 is 0 Å². The van der Waals surface area contributed by atoms with Crippen molar-refractivity contribution in [2.24, 2.45) is 5.92 Å². The van der Waals surface area contributed by atoms with Crippen LogP contribution in [-0.4, -0.2) is 33.8 Å². The quantitative estimate of drug-likeness (QED) is 0.847. The van der Waals surface area contributed by atoms with Crippen molar-refractivity contribution in [3.05, 3.63) is 66.6 Å². The lowest BCUT2D eigenvalue weighted by molar-refractivity contribution is 0.0517. The summed E-state index contributed by atoms with van der Waals surface area (Å²) < 4.78 is 2.11. The van der Waals surface area contributed by atoms with E-state index in [2.05, 4.69) is 63.4 Å². The first-order chi connectivity index (χ1) is 10.9. The SMILES string of the molecule is C1=CCC(C(C2=CCCC=C2)N2CC(n3cccn3)C2)C=C1. The smallest absolute Gasteiger partial charge is 0.0773 e. The average Bonchev–Trinajstić information content (AvgIpc) is 3.06. The van der Waals surface area contributed by atoms with Gasteiger partial charge in [0.25, 0.3) is 0 Å². The van der Waals surface area contributed by atoms with Crippen LogP contribution in [0.4, 0.5) is 0 Å². The van der Waals surface area contributed by atoms with Crippen molar-refractivity contribution in [3.63, 3.8) is 0 Å². The van der Waals surface area contributed by atoms with Gasteiger partial charge in [-0.25, -0.2) is 0 Å². The molecule has 1 aromatic heterocycles. The van der Waals surface area contributed by atoms with Crippen molar-refractivity contribution < 1.29 is 0 Å². The van der Waals surface area contributed by atoms with Gasteiger partial charge in [-0.1, -0.05) is 42.5 Å². The maximum atomic E-state index is 4.39. The van der Waals surface area contributed by atoms with Crippen LogP contribution in [0.25, 0.3) is 0 Å². The Bertz CT molecular complexity index is 615. The monoisotopic (exact) mass is 293 g/mol. The minimum atomic E-state index is 0.518. The van der Waals surface area contributed by atoms with Crippen molar-refractivity contribution in [1.82, 2.24) is 14.7 Å². The zero-order chi connectivity index (χ0) is 14.8. The van der Waals surface area contributed by atoms with Crippen molar-refractivity contribution in [3.8, 4) is 0 Å². The van der Waals surface area contributed by atoms with Crippen LogP contribution in [0.15, 0.2) is 66.6 Å². The Hall–Kier alpha value is -1.87. The number of rotatable bonds is 4. The molecule has 2 atom stereocenters.